The van der Waals surface area contributed by atoms with E-state index >= 15 is 0 Å². The summed E-state index contributed by atoms with van der Waals surface area (Å²) in [4.78, 5) is 11.9. The van der Waals surface area contributed by atoms with Crippen molar-refractivity contribution in [2.24, 2.45) is 5.10 Å². The molecule has 6 heteroatoms. The minimum atomic E-state index is -0.351. The number of carbonyl (C=O) groups is 1. The summed E-state index contributed by atoms with van der Waals surface area (Å²) in [5, 5.41) is 12.9. The number of nitrogens with zero attached hydrogens (tertiary/aromatic N) is 2. The van der Waals surface area contributed by atoms with Crippen LogP contribution in [0, 0.1) is 11.3 Å². The first-order valence-corrected chi connectivity index (χ1v) is 7.47. The highest BCUT2D eigenvalue weighted by Crippen LogP contribution is 2.24. The minimum absolute atomic E-state index is 0.152. The fraction of sp³-hybridized carbons (Fsp3) is 0.167. The van der Waals surface area contributed by atoms with Gasteiger partial charge in [-0.1, -0.05) is 12.1 Å². The maximum Gasteiger partial charge on any atom is 0.277 e. The lowest BCUT2D eigenvalue weighted by Crippen LogP contribution is -2.27. The van der Waals surface area contributed by atoms with Crippen molar-refractivity contribution in [2.45, 2.75) is 6.42 Å². The van der Waals surface area contributed by atoms with Crippen molar-refractivity contribution in [3.05, 3.63) is 59.7 Å². The van der Waals surface area contributed by atoms with E-state index in [9.17, 15) is 4.79 Å². The third-order valence-electron chi connectivity index (χ3n) is 3.46. The SMILES string of the molecule is N#Cc1ccc(OCC(=O)NN=C2CCOc3ccccc32)cc1. The van der Waals surface area contributed by atoms with Crippen LogP contribution >= 0.6 is 0 Å². The third kappa shape index (κ3) is 3.70. The summed E-state index contributed by atoms with van der Waals surface area (Å²) in [6.07, 6.45) is 0.633. The number of nitriles is 1. The smallest absolute Gasteiger partial charge is 0.277 e. The van der Waals surface area contributed by atoms with Crippen molar-refractivity contribution in [1.29, 1.82) is 5.26 Å². The fourth-order valence-corrected chi connectivity index (χ4v) is 2.28. The summed E-state index contributed by atoms with van der Waals surface area (Å²) in [6, 6.07) is 16.2. The molecule has 1 N–H and O–H groups in total. The van der Waals surface area contributed by atoms with Crippen LogP contribution < -0.4 is 14.9 Å². The van der Waals surface area contributed by atoms with Crippen LogP contribution in [0.1, 0.15) is 17.5 Å². The average Bonchev–Trinajstić information content (AvgIpc) is 2.65. The van der Waals surface area contributed by atoms with Crippen molar-refractivity contribution in [3.8, 4) is 17.6 Å². The van der Waals surface area contributed by atoms with E-state index in [2.05, 4.69) is 10.5 Å². The number of rotatable bonds is 4. The van der Waals surface area contributed by atoms with Gasteiger partial charge in [0.25, 0.3) is 5.91 Å². The second-order valence-corrected chi connectivity index (χ2v) is 5.11. The zero-order chi connectivity index (χ0) is 16.8. The van der Waals surface area contributed by atoms with E-state index in [4.69, 9.17) is 14.7 Å². The Labute approximate surface area is 139 Å². The molecule has 0 aromatic heterocycles. The first-order chi connectivity index (χ1) is 11.8. The van der Waals surface area contributed by atoms with Crippen molar-refractivity contribution >= 4 is 11.6 Å². The average molecular weight is 321 g/mol. The Bertz CT molecular complexity index is 807. The normalized spacial score (nSPS) is 14.2. The van der Waals surface area contributed by atoms with Crippen LogP contribution in [-0.4, -0.2) is 24.8 Å². The first kappa shape index (κ1) is 15.6. The van der Waals surface area contributed by atoms with E-state index in [0.29, 0.717) is 24.3 Å². The van der Waals surface area contributed by atoms with Gasteiger partial charge < -0.3 is 9.47 Å². The molecule has 3 rings (SSSR count). The number of nitrogens with one attached hydrogen (secondary N) is 1. The zero-order valence-electron chi connectivity index (χ0n) is 12.9. The molecular weight excluding hydrogens is 306 g/mol. The van der Waals surface area contributed by atoms with E-state index in [1.165, 1.54) is 0 Å². The summed E-state index contributed by atoms with van der Waals surface area (Å²) < 4.78 is 10.9. The largest absolute Gasteiger partial charge is 0.492 e. The van der Waals surface area contributed by atoms with Gasteiger partial charge in [-0.15, -0.1) is 0 Å². The monoisotopic (exact) mass is 321 g/mol. The van der Waals surface area contributed by atoms with Gasteiger partial charge in [-0.25, -0.2) is 5.43 Å². The number of hydrazone groups is 1. The number of hydrogen-bond acceptors (Lipinski definition) is 5. The Morgan fingerprint density at radius 2 is 2.04 bits per heavy atom. The predicted octanol–water partition coefficient (Wildman–Crippen LogP) is 2.24. The molecule has 0 spiro atoms. The van der Waals surface area contributed by atoms with Gasteiger partial charge in [0.1, 0.15) is 11.5 Å². The lowest BCUT2D eigenvalue weighted by Gasteiger charge is -2.18. The van der Waals surface area contributed by atoms with Crippen LogP contribution in [0.2, 0.25) is 0 Å². The summed E-state index contributed by atoms with van der Waals surface area (Å²) in [5.41, 5.74) is 4.71. The zero-order valence-corrected chi connectivity index (χ0v) is 12.9. The van der Waals surface area contributed by atoms with Gasteiger partial charge >= 0.3 is 0 Å². The Morgan fingerprint density at radius 3 is 2.83 bits per heavy atom. The highest BCUT2D eigenvalue weighted by atomic mass is 16.5. The second kappa shape index (κ2) is 7.29. The number of amides is 1. The highest BCUT2D eigenvalue weighted by Gasteiger charge is 2.16. The molecule has 2 aromatic carbocycles. The number of fused-ring (bicyclic) bond motifs is 1. The van der Waals surface area contributed by atoms with Crippen LogP contribution in [0.25, 0.3) is 0 Å². The highest BCUT2D eigenvalue weighted by molar-refractivity contribution is 6.04. The van der Waals surface area contributed by atoms with Crippen molar-refractivity contribution in [2.75, 3.05) is 13.2 Å². The van der Waals surface area contributed by atoms with Gasteiger partial charge in [-0.2, -0.15) is 10.4 Å². The lowest BCUT2D eigenvalue weighted by atomic mass is 10.0. The molecule has 0 unspecified atom stereocenters. The molecule has 120 valence electrons. The first-order valence-electron chi connectivity index (χ1n) is 7.47. The predicted molar refractivity (Wildman–Crippen MR) is 87.9 cm³/mol. The van der Waals surface area contributed by atoms with Gasteiger partial charge in [-0.3, -0.25) is 4.79 Å². The van der Waals surface area contributed by atoms with E-state index in [1.54, 1.807) is 24.3 Å². The molecule has 0 saturated carbocycles. The topological polar surface area (TPSA) is 83.7 Å². The Kier molecular flexibility index (Phi) is 4.73. The summed E-state index contributed by atoms with van der Waals surface area (Å²) in [6.45, 7) is 0.383. The van der Waals surface area contributed by atoms with Crippen LogP contribution in [-0.2, 0) is 4.79 Å². The van der Waals surface area contributed by atoms with Gasteiger partial charge in [-0.05, 0) is 36.4 Å². The molecule has 1 aliphatic rings. The van der Waals surface area contributed by atoms with Crippen molar-refractivity contribution < 1.29 is 14.3 Å². The molecular formula is C18H15N3O3. The van der Waals surface area contributed by atoms with Gasteiger partial charge in [0.15, 0.2) is 6.61 Å². The van der Waals surface area contributed by atoms with E-state index < -0.39 is 0 Å². The quantitative estimate of drug-likeness (QED) is 0.875. The number of hydrogen-bond donors (Lipinski definition) is 1. The van der Waals surface area contributed by atoms with E-state index in [-0.39, 0.29) is 12.5 Å². The molecule has 0 saturated heterocycles. The molecule has 0 atom stereocenters. The molecule has 1 heterocycles. The van der Waals surface area contributed by atoms with Gasteiger partial charge in [0, 0.05) is 12.0 Å². The molecule has 1 amide bonds. The number of benzene rings is 2. The number of ether oxygens (including phenoxy) is 2. The summed E-state index contributed by atoms with van der Waals surface area (Å²) in [5.74, 6) is 0.939. The molecule has 24 heavy (non-hydrogen) atoms. The molecule has 0 bridgehead atoms. The fourth-order valence-electron chi connectivity index (χ4n) is 2.28. The Balaban J connectivity index is 1.57. The number of para-hydroxylation sites is 1. The lowest BCUT2D eigenvalue weighted by molar-refractivity contribution is -0.123. The summed E-state index contributed by atoms with van der Waals surface area (Å²) >= 11 is 0. The van der Waals surface area contributed by atoms with Crippen LogP contribution in [0.5, 0.6) is 11.5 Å². The van der Waals surface area contributed by atoms with Crippen molar-refractivity contribution in [3.63, 3.8) is 0 Å². The van der Waals surface area contributed by atoms with Crippen LogP contribution in [0.3, 0.4) is 0 Å². The Hall–Kier alpha value is -3.33. The third-order valence-corrected chi connectivity index (χ3v) is 3.46. The number of carbonyl (C=O) groups excluding carboxylic acids is 1. The molecule has 0 radical (unpaired) electrons. The van der Waals surface area contributed by atoms with E-state index in [1.807, 2.05) is 30.3 Å². The molecule has 2 aromatic rings. The minimum Gasteiger partial charge on any atom is -0.492 e. The Morgan fingerprint density at radius 1 is 1.25 bits per heavy atom. The second-order valence-electron chi connectivity index (χ2n) is 5.11. The summed E-state index contributed by atoms with van der Waals surface area (Å²) in [7, 11) is 0. The van der Waals surface area contributed by atoms with E-state index in [0.717, 1.165) is 17.0 Å². The molecule has 0 fully saturated rings. The molecule has 1 aliphatic heterocycles. The van der Waals surface area contributed by atoms with Gasteiger partial charge in [0.2, 0.25) is 0 Å². The maximum atomic E-state index is 11.9. The standard InChI is InChI=1S/C18H15N3O3/c19-11-13-5-7-14(8-6-13)24-12-18(22)21-20-16-9-10-23-17-4-2-1-3-15(16)17/h1-8H,9-10,12H2,(H,21,22). The molecule has 0 aliphatic carbocycles. The van der Waals surface area contributed by atoms with Crippen molar-refractivity contribution in [1.82, 2.24) is 5.43 Å². The van der Waals surface area contributed by atoms with Gasteiger partial charge in [0.05, 0.1) is 24.0 Å². The molecule has 6 nitrogen and oxygen atoms in total. The van der Waals surface area contributed by atoms with Crippen LogP contribution in [0.15, 0.2) is 53.6 Å². The maximum absolute atomic E-state index is 11.9. The van der Waals surface area contributed by atoms with Crippen LogP contribution in [0.4, 0.5) is 0 Å².